The van der Waals surface area contributed by atoms with E-state index in [0.717, 1.165) is 12.1 Å². The number of hydrogen-bond acceptors (Lipinski definition) is 4. The second kappa shape index (κ2) is 9.82. The molecule has 0 saturated heterocycles. The van der Waals surface area contributed by atoms with E-state index >= 15 is 0 Å². The lowest BCUT2D eigenvalue weighted by Gasteiger charge is -2.08. The predicted molar refractivity (Wildman–Crippen MR) is 99.9 cm³/mol. The highest BCUT2D eigenvalue weighted by atomic mass is 35.5. The highest BCUT2D eigenvalue weighted by molar-refractivity contribution is 6.55. The van der Waals surface area contributed by atoms with E-state index in [4.69, 9.17) is 44.5 Å². The molecule has 0 spiro atoms. The van der Waals surface area contributed by atoms with Gasteiger partial charge in [-0.3, -0.25) is 0 Å². The van der Waals surface area contributed by atoms with Gasteiger partial charge in [-0.1, -0.05) is 57.2 Å². The molecule has 1 aliphatic rings. The second-order valence-corrected chi connectivity index (χ2v) is 6.49. The number of oxime groups is 2. The average Bonchev–Trinajstić information content (AvgIpc) is 2.59. The summed E-state index contributed by atoms with van der Waals surface area (Å²) in [5.41, 5.74) is 0.608. The Bertz CT molecular complexity index is 810. The van der Waals surface area contributed by atoms with Gasteiger partial charge in [0.2, 0.25) is 0 Å². The van der Waals surface area contributed by atoms with Crippen LogP contribution in [0.2, 0.25) is 0 Å². The van der Waals surface area contributed by atoms with Crippen molar-refractivity contribution in [2.45, 2.75) is 12.8 Å². The molecule has 1 aliphatic carbocycles. The van der Waals surface area contributed by atoms with E-state index in [2.05, 4.69) is 10.3 Å². The summed E-state index contributed by atoms with van der Waals surface area (Å²) in [5.74, 6) is 0. The lowest BCUT2D eigenvalue weighted by molar-refractivity contribution is -0.137. The standard InChI is InChI=1S/C17H12Cl3F3N2O2/c18-14-9-13(5-6-15(14)25-26-8-7-16(19)20)24-27-10-11-1-3-12(4-2-11)17(21,22)23/h1-7,9H,8,10H2/b24-13-,25-15-. The summed E-state index contributed by atoms with van der Waals surface area (Å²) in [5, 5.41) is 7.94. The molecule has 0 unspecified atom stereocenters. The van der Waals surface area contributed by atoms with Crippen LogP contribution in [0.5, 0.6) is 0 Å². The largest absolute Gasteiger partial charge is 0.416 e. The SMILES string of the molecule is FC(F)(F)c1ccc(CO/N=C2C=C/C(=N/OCC=C(Cl)Cl)C(Cl)=C/2)cc1. The van der Waals surface area contributed by atoms with Gasteiger partial charge in [0, 0.05) is 0 Å². The molecule has 0 amide bonds. The first-order valence-corrected chi connectivity index (χ1v) is 8.52. The van der Waals surface area contributed by atoms with Crippen molar-refractivity contribution in [3.63, 3.8) is 0 Å². The summed E-state index contributed by atoms with van der Waals surface area (Å²) in [6.07, 6.45) is 1.70. The molecule has 27 heavy (non-hydrogen) atoms. The Morgan fingerprint density at radius 2 is 1.74 bits per heavy atom. The van der Waals surface area contributed by atoms with Crippen molar-refractivity contribution in [1.29, 1.82) is 0 Å². The highest BCUT2D eigenvalue weighted by Gasteiger charge is 2.29. The normalized spacial score (nSPS) is 17.0. The maximum Gasteiger partial charge on any atom is 0.416 e. The zero-order valence-electron chi connectivity index (χ0n) is 13.5. The van der Waals surface area contributed by atoms with Gasteiger partial charge in [-0.25, -0.2) is 0 Å². The highest BCUT2D eigenvalue weighted by Crippen LogP contribution is 2.29. The van der Waals surface area contributed by atoms with Crippen LogP contribution in [-0.2, 0) is 22.5 Å². The number of nitrogens with zero attached hydrogens (tertiary/aromatic N) is 2. The number of allylic oxidation sites excluding steroid dienone is 4. The smallest absolute Gasteiger partial charge is 0.391 e. The molecule has 0 saturated carbocycles. The number of halogens is 6. The molecule has 1 aromatic carbocycles. The van der Waals surface area contributed by atoms with E-state index in [0.29, 0.717) is 17.0 Å². The van der Waals surface area contributed by atoms with Gasteiger partial charge in [-0.05, 0) is 42.0 Å². The third kappa shape index (κ3) is 7.28. The molecule has 0 N–H and O–H groups in total. The molecule has 0 aromatic heterocycles. The van der Waals surface area contributed by atoms with Crippen LogP contribution in [0, 0.1) is 0 Å². The Morgan fingerprint density at radius 3 is 2.33 bits per heavy atom. The van der Waals surface area contributed by atoms with Crippen molar-refractivity contribution in [3.05, 3.63) is 69.2 Å². The van der Waals surface area contributed by atoms with Gasteiger partial charge < -0.3 is 9.68 Å². The third-order valence-corrected chi connectivity index (χ3v) is 3.70. The quantitative estimate of drug-likeness (QED) is 0.312. The van der Waals surface area contributed by atoms with Crippen LogP contribution in [0.4, 0.5) is 13.2 Å². The summed E-state index contributed by atoms with van der Waals surface area (Å²) in [4.78, 5) is 10.1. The number of hydrogen-bond donors (Lipinski definition) is 0. The number of benzene rings is 1. The molecule has 0 fully saturated rings. The van der Waals surface area contributed by atoms with E-state index in [1.165, 1.54) is 24.3 Å². The summed E-state index contributed by atoms with van der Waals surface area (Å²) >= 11 is 16.9. The lowest BCUT2D eigenvalue weighted by atomic mass is 10.1. The van der Waals surface area contributed by atoms with Crippen molar-refractivity contribution in [2.75, 3.05) is 6.61 Å². The molecule has 1 aromatic rings. The monoisotopic (exact) mass is 438 g/mol. The molecular formula is C17H12Cl3F3N2O2. The van der Waals surface area contributed by atoms with Crippen LogP contribution in [0.15, 0.2) is 68.4 Å². The molecule has 144 valence electrons. The van der Waals surface area contributed by atoms with Gasteiger partial charge in [0.15, 0.2) is 0 Å². The third-order valence-electron chi connectivity index (χ3n) is 3.09. The zero-order valence-corrected chi connectivity index (χ0v) is 15.8. The minimum atomic E-state index is -4.37. The van der Waals surface area contributed by atoms with E-state index in [1.807, 2.05) is 0 Å². The first-order chi connectivity index (χ1) is 12.8. The van der Waals surface area contributed by atoms with Gasteiger partial charge in [0.25, 0.3) is 0 Å². The fourth-order valence-corrected chi connectivity index (χ4v) is 2.14. The Labute approximate surface area is 168 Å². The van der Waals surface area contributed by atoms with Gasteiger partial charge >= 0.3 is 6.18 Å². The minimum absolute atomic E-state index is 0.0104. The van der Waals surface area contributed by atoms with E-state index in [1.54, 1.807) is 12.2 Å². The fourth-order valence-electron chi connectivity index (χ4n) is 1.81. The van der Waals surface area contributed by atoms with E-state index < -0.39 is 11.7 Å². The van der Waals surface area contributed by atoms with E-state index in [9.17, 15) is 13.2 Å². The molecule has 0 aliphatic heterocycles. The van der Waals surface area contributed by atoms with Crippen molar-refractivity contribution >= 4 is 46.2 Å². The van der Waals surface area contributed by atoms with Crippen molar-refractivity contribution in [2.24, 2.45) is 10.3 Å². The van der Waals surface area contributed by atoms with Crippen LogP contribution < -0.4 is 0 Å². The molecule has 0 radical (unpaired) electrons. The molecule has 4 nitrogen and oxygen atoms in total. The van der Waals surface area contributed by atoms with Crippen LogP contribution in [-0.4, -0.2) is 18.0 Å². The first-order valence-electron chi connectivity index (χ1n) is 7.38. The van der Waals surface area contributed by atoms with Crippen LogP contribution in [0.1, 0.15) is 11.1 Å². The van der Waals surface area contributed by atoms with Gasteiger partial charge in [-0.2, -0.15) is 13.2 Å². The Balaban J connectivity index is 1.89. The number of alkyl halides is 3. The maximum absolute atomic E-state index is 12.5. The van der Waals surface area contributed by atoms with Crippen LogP contribution >= 0.6 is 34.8 Å². The average molecular weight is 440 g/mol. The molecule has 10 heteroatoms. The summed E-state index contributed by atoms with van der Waals surface area (Å²) in [6, 6.07) is 4.62. The lowest BCUT2D eigenvalue weighted by Crippen LogP contribution is -2.06. The Hall–Kier alpha value is -1.96. The Kier molecular flexibility index (Phi) is 7.77. The minimum Gasteiger partial charge on any atom is -0.391 e. The van der Waals surface area contributed by atoms with Crippen molar-refractivity contribution in [1.82, 2.24) is 0 Å². The predicted octanol–water partition coefficient (Wildman–Crippen LogP) is 5.96. The van der Waals surface area contributed by atoms with E-state index in [-0.39, 0.29) is 22.7 Å². The first kappa shape index (κ1) is 21.3. The van der Waals surface area contributed by atoms with Crippen LogP contribution in [0.25, 0.3) is 0 Å². The number of rotatable bonds is 6. The van der Waals surface area contributed by atoms with Crippen LogP contribution in [0.3, 0.4) is 0 Å². The zero-order chi connectivity index (χ0) is 19.9. The molecule has 0 heterocycles. The topological polar surface area (TPSA) is 43.2 Å². The summed E-state index contributed by atoms with van der Waals surface area (Å²) in [6.45, 7) is 0.0948. The molecule has 2 rings (SSSR count). The Morgan fingerprint density at radius 1 is 1.04 bits per heavy atom. The summed E-state index contributed by atoms with van der Waals surface area (Å²) < 4.78 is 37.6. The second-order valence-electron chi connectivity index (χ2n) is 5.08. The van der Waals surface area contributed by atoms with Gasteiger partial charge in [0.1, 0.15) is 29.1 Å². The molecular weight excluding hydrogens is 428 g/mol. The van der Waals surface area contributed by atoms with Gasteiger partial charge in [0.05, 0.1) is 10.6 Å². The van der Waals surface area contributed by atoms with Crippen molar-refractivity contribution < 1.29 is 22.8 Å². The molecule has 0 bridgehead atoms. The maximum atomic E-state index is 12.5. The summed E-state index contributed by atoms with van der Waals surface area (Å²) in [7, 11) is 0. The van der Waals surface area contributed by atoms with Gasteiger partial charge in [-0.15, -0.1) is 0 Å². The van der Waals surface area contributed by atoms with Crippen molar-refractivity contribution in [3.8, 4) is 0 Å². The molecule has 0 atom stereocenters. The fraction of sp³-hybridized carbons (Fsp3) is 0.176.